The zero-order chi connectivity index (χ0) is 106. The first-order chi connectivity index (χ1) is 66.8. The van der Waals surface area contributed by atoms with Gasteiger partial charge >= 0.3 is 0 Å². The molecule has 0 bridgehead atoms. The van der Waals surface area contributed by atoms with Gasteiger partial charge in [0.15, 0.2) is 0 Å². The Kier molecular flexibility index (Phi) is 19.1. The molecule has 126 heavy (non-hydrogen) atoms. The van der Waals surface area contributed by atoms with Gasteiger partial charge in [-0.2, -0.15) is 0 Å². The summed E-state index contributed by atoms with van der Waals surface area (Å²) < 4.78 is 181. The van der Waals surface area contributed by atoms with E-state index in [4.69, 9.17) is 28.1 Å². The Balaban J connectivity index is 0.000000241. The zero-order valence-electron chi connectivity index (χ0n) is 96.3. The van der Waals surface area contributed by atoms with Gasteiger partial charge in [-0.05, 0) is 262 Å². The lowest BCUT2D eigenvalue weighted by atomic mass is 9.33. The van der Waals surface area contributed by atoms with E-state index in [9.17, 15) is 11.0 Å². The lowest BCUT2D eigenvalue weighted by molar-refractivity contribution is 0.590. The maximum atomic E-state index is 9.42. The summed E-state index contributed by atoms with van der Waals surface area (Å²) in [6, 6.07) is 57.5. The maximum Gasteiger partial charge on any atom is 0.252 e. The van der Waals surface area contributed by atoms with Crippen LogP contribution in [-0.4, -0.2) is 6.71 Å². The number of nitrogens with zero attached hydrogens (tertiary/aromatic N) is 6. The van der Waals surface area contributed by atoms with Crippen molar-refractivity contribution in [2.24, 2.45) is 0 Å². The van der Waals surface area contributed by atoms with E-state index in [1.807, 2.05) is 70.5 Å². The maximum absolute atomic E-state index is 9.42. The van der Waals surface area contributed by atoms with E-state index in [0.29, 0.717) is 45.5 Å². The van der Waals surface area contributed by atoms with Crippen LogP contribution in [-0.2, 0) is 43.3 Å². The molecule has 2 heterocycles. The highest BCUT2D eigenvalue weighted by molar-refractivity contribution is 7.00. The minimum Gasteiger partial charge on any atom is -0.311 e. The summed E-state index contributed by atoms with van der Waals surface area (Å²) in [5.41, 5.74) is 18.0. The fourth-order valence-corrected chi connectivity index (χ4v) is 16.6. The van der Waals surface area contributed by atoms with Crippen LogP contribution in [0.1, 0.15) is 253 Å². The van der Waals surface area contributed by atoms with E-state index >= 15 is 0 Å². The van der Waals surface area contributed by atoms with Crippen molar-refractivity contribution in [2.45, 2.75) is 224 Å². The third kappa shape index (κ3) is 19.0. The van der Waals surface area contributed by atoms with Crippen molar-refractivity contribution in [1.82, 2.24) is 0 Å². The average Bonchev–Trinajstić information content (AvgIpc) is 0.686. The van der Waals surface area contributed by atoms with E-state index in [1.54, 1.807) is 12.1 Å². The molecule has 0 saturated carbocycles. The quantitative estimate of drug-likeness (QED) is 0.100. The van der Waals surface area contributed by atoms with E-state index in [-0.39, 0.29) is 92.7 Å². The first kappa shape index (κ1) is 68.5. The minimum atomic E-state index is -0.670. The lowest BCUT2D eigenvalue weighted by Gasteiger charge is -2.45. The van der Waals surface area contributed by atoms with E-state index < -0.39 is 132 Å². The van der Waals surface area contributed by atoms with Crippen LogP contribution in [0.3, 0.4) is 0 Å². The van der Waals surface area contributed by atoms with Crippen LogP contribution >= 0.6 is 11.6 Å². The van der Waals surface area contributed by atoms with Crippen LogP contribution in [0.4, 0.5) is 102 Å². The summed E-state index contributed by atoms with van der Waals surface area (Å²) in [6.07, 6.45) is 0. The Morgan fingerprint density at radius 2 is 0.444 bits per heavy atom. The molecule has 2 aliphatic rings. The van der Waals surface area contributed by atoms with Gasteiger partial charge in [-0.3, -0.25) is 0 Å². The Hall–Kier alpha value is -11.8. The average molecular weight is 1700 g/mol. The molecule has 0 aliphatic carbocycles. The summed E-state index contributed by atoms with van der Waals surface area (Å²) in [4.78, 5) is 10.9. The molecule has 8 heteroatoms. The number of hydrogen-bond donors (Lipinski definition) is 0. The van der Waals surface area contributed by atoms with Gasteiger partial charge in [0, 0.05) is 79.6 Å². The molecule has 0 atom stereocenters. The van der Waals surface area contributed by atoms with Crippen molar-refractivity contribution in [2.75, 3.05) is 29.4 Å². The van der Waals surface area contributed by atoms with Crippen LogP contribution in [0, 0.1) is 0 Å². The molecule has 2 aliphatic heterocycles. The van der Waals surface area contributed by atoms with Crippen LogP contribution in [0.25, 0.3) is 0 Å². The second kappa shape index (κ2) is 35.2. The topological polar surface area (TPSA) is 19.4 Å². The minimum absolute atomic E-state index is 0. The number of rotatable bonds is 14. The smallest absolute Gasteiger partial charge is 0.252 e. The molecular formula is C118H134BClN6. The predicted octanol–water partition coefficient (Wildman–Crippen LogP) is 33.6. The van der Waals surface area contributed by atoms with E-state index in [0.717, 1.165) is 83.6 Å². The monoisotopic (exact) mass is 1700 g/mol. The Morgan fingerprint density at radius 3 is 0.675 bits per heavy atom. The molecule has 0 aromatic heterocycles. The molecule has 16 rings (SSSR count). The fraction of sp³-hybridized carbons (Fsp3) is 0.288. The number of hydrogen-bond acceptors (Lipinski definition) is 6. The molecule has 14 aromatic rings. The van der Waals surface area contributed by atoms with Crippen LogP contribution in [0.5, 0.6) is 0 Å². The van der Waals surface area contributed by atoms with Crippen LogP contribution in [0.2, 0.25) is 5.02 Å². The Labute approximate surface area is 790 Å². The second-order valence-electron chi connectivity index (χ2n) is 40.9. The van der Waals surface area contributed by atoms with Crippen molar-refractivity contribution < 1.29 is 27.4 Å². The normalized spacial score (nSPS) is 15.0. The van der Waals surface area contributed by atoms with E-state index in [1.165, 1.54) is 9.80 Å². The second-order valence-corrected chi connectivity index (χ2v) is 41.2. The van der Waals surface area contributed by atoms with Gasteiger partial charge in [0.2, 0.25) is 0 Å². The Bertz CT molecular complexity index is 6610. The van der Waals surface area contributed by atoms with Crippen molar-refractivity contribution in [3.63, 3.8) is 0 Å². The summed E-state index contributed by atoms with van der Waals surface area (Å²) in [6.45, 7) is 51.7. The summed E-state index contributed by atoms with van der Waals surface area (Å²) >= 11 is 8.03. The summed E-state index contributed by atoms with van der Waals surface area (Å²) in [7, 11) is 0. The van der Waals surface area contributed by atoms with Gasteiger partial charge < -0.3 is 29.4 Å². The molecule has 6 nitrogen and oxygen atoms in total. The highest BCUT2D eigenvalue weighted by Gasteiger charge is 2.46. The SMILES string of the molecule is C.C.[2H]c1c([2H])c([2H])c(N(c2cc(N(c3ccc(C(C)(C)C)cc3)c3ccc(C(C)(C)C)cc3)c(Cl)c(N(c3ccc(C(C)(C)C)cc3)c3ccc(C(C)(C)C)cc3)c2)c2c([2H])c([2H])c([2H])c([2H])c2[2H])c([2H])c1[2H].[2H]c1c([2H])c([2H])c(N(c2cc3c4c(c2)N(c2ccc(C(C)(C)C)cc2)c2ccc(C(C)(C)C)cc2B4c2cc(C(C)(C)C)ccc2N3c2ccc(C(C)(C)C)cc2)c2c([2H])c([2H])c([2H])c([2H])c2[2H])c([2H])c1[2H]. The molecule has 0 radical (unpaired) electrons. The molecule has 0 saturated heterocycles. The first-order valence-corrected chi connectivity index (χ1v) is 43.2. The zero-order valence-corrected chi connectivity index (χ0v) is 77.0. The third-order valence-corrected chi connectivity index (χ3v) is 24.0. The number of halogens is 1. The highest BCUT2D eigenvalue weighted by atomic mass is 35.5. The first-order valence-electron chi connectivity index (χ1n) is 52.8. The summed E-state index contributed by atoms with van der Waals surface area (Å²) in [5.74, 6) is 0. The van der Waals surface area contributed by atoms with Gasteiger partial charge in [-0.15, -0.1) is 0 Å². The van der Waals surface area contributed by atoms with Gasteiger partial charge in [-0.1, -0.05) is 362 Å². The summed E-state index contributed by atoms with van der Waals surface area (Å²) in [5, 5.41) is 0.250. The van der Waals surface area contributed by atoms with Crippen LogP contribution in [0.15, 0.2) is 327 Å². The number of fused-ring (bicyclic) bond motifs is 4. The van der Waals surface area contributed by atoms with Crippen molar-refractivity contribution in [1.29, 1.82) is 0 Å². The Morgan fingerprint density at radius 1 is 0.230 bits per heavy atom. The van der Waals surface area contributed by atoms with E-state index in [2.05, 4.69) is 309 Å². The standard InChI is InChI=1S/C58H62BN3.C58H64ClN3.2CH4/c1-55(2,3)39-23-29-45(30-24-39)61-50-33-27-41(57(7,8)9)35-48(50)59-49-36-42(58(10,11)12)28-34-51(49)62(46-31-25-40(26-32-46)56(4,5)6)53-38-47(37-52(61)54(53)59)60(43-19-15-13-16-20-43)44-21-17-14-18-22-44;1-55(2,3)41-23-31-47(32-24-41)61(48-33-25-42(26-34-48)56(4,5)6)52-39-51(60(45-19-15-13-16-20-45)46-21-17-14-18-22-46)40-53(54(52)59)62(49-35-27-43(28-36-49)57(7,8)9)50-37-29-44(30-38-50)58(10,11)12;;/h13-38H,1-12H3;13-40H,1-12H3;2*1H4/i2*13D,14D,15D,16D,17D,18D,19D,20D,21D,22D;;. The number of para-hydroxylation sites is 4. The van der Waals surface area contributed by atoms with Crippen molar-refractivity contribution in [3.05, 3.63) is 377 Å². The molecule has 0 N–H and O–H groups in total. The van der Waals surface area contributed by atoms with Gasteiger partial charge in [0.05, 0.1) is 55.2 Å². The molecule has 0 amide bonds. The predicted molar refractivity (Wildman–Crippen MR) is 554 cm³/mol. The fourth-order valence-electron chi connectivity index (χ4n) is 16.3. The molecule has 0 fully saturated rings. The number of benzene rings is 14. The van der Waals surface area contributed by atoms with Crippen molar-refractivity contribution >= 4 is 137 Å². The molecule has 0 unspecified atom stereocenters. The van der Waals surface area contributed by atoms with Crippen molar-refractivity contribution in [3.8, 4) is 0 Å². The molecular weight excluding hydrogens is 1550 g/mol. The van der Waals surface area contributed by atoms with Gasteiger partial charge in [-0.25, -0.2) is 0 Å². The molecule has 0 spiro atoms. The lowest BCUT2D eigenvalue weighted by Crippen LogP contribution is -2.61. The van der Waals surface area contributed by atoms with Crippen LogP contribution < -0.4 is 45.8 Å². The third-order valence-electron chi connectivity index (χ3n) is 23.6. The number of anilines is 18. The van der Waals surface area contributed by atoms with Gasteiger partial charge in [0.1, 0.15) is 0 Å². The highest BCUT2D eigenvalue weighted by Crippen LogP contribution is 2.54. The largest absolute Gasteiger partial charge is 0.311 e. The van der Waals surface area contributed by atoms with Gasteiger partial charge in [0.25, 0.3) is 6.71 Å². The molecule has 14 aromatic carbocycles. The molecule has 646 valence electrons.